The molecular formula is C11H15NO5. The van der Waals surface area contributed by atoms with Crippen molar-refractivity contribution in [2.75, 3.05) is 14.2 Å². The zero-order valence-electron chi connectivity index (χ0n) is 9.64. The molecule has 0 bridgehead atoms. The lowest BCUT2D eigenvalue weighted by Gasteiger charge is -2.13. The molecule has 0 radical (unpaired) electrons. The van der Waals surface area contributed by atoms with E-state index in [9.17, 15) is 9.90 Å². The van der Waals surface area contributed by atoms with Crippen LogP contribution in [0.5, 0.6) is 17.2 Å². The summed E-state index contributed by atoms with van der Waals surface area (Å²) in [6.07, 6.45) is 0.0154. The van der Waals surface area contributed by atoms with Crippen molar-refractivity contribution in [2.24, 2.45) is 5.73 Å². The van der Waals surface area contributed by atoms with E-state index in [1.807, 2.05) is 0 Å². The number of methoxy groups -OCH3 is 2. The monoisotopic (exact) mass is 241 g/mol. The Balaban J connectivity index is 3.04. The second kappa shape index (κ2) is 5.40. The molecule has 1 atom stereocenters. The quantitative estimate of drug-likeness (QED) is 0.688. The molecule has 1 unspecified atom stereocenters. The first-order valence-corrected chi connectivity index (χ1v) is 4.91. The molecule has 6 heteroatoms. The van der Waals surface area contributed by atoms with Crippen LogP contribution in [0.15, 0.2) is 12.1 Å². The maximum atomic E-state index is 10.6. The third kappa shape index (κ3) is 3.01. The summed E-state index contributed by atoms with van der Waals surface area (Å²) < 4.78 is 10.0. The van der Waals surface area contributed by atoms with E-state index in [2.05, 4.69) is 0 Å². The van der Waals surface area contributed by atoms with Gasteiger partial charge in [0.15, 0.2) is 11.5 Å². The SMILES string of the molecule is COc1cc(O)c(CC(N)C(=O)O)cc1OC. The number of hydrogen-bond donors (Lipinski definition) is 3. The number of phenolic OH excluding ortho intramolecular Hbond substituents is 1. The predicted molar refractivity (Wildman–Crippen MR) is 60.5 cm³/mol. The van der Waals surface area contributed by atoms with Crippen molar-refractivity contribution < 1.29 is 24.5 Å². The standard InChI is InChI=1S/C11H15NO5/c1-16-9-4-6(3-7(12)11(14)15)8(13)5-10(9)17-2/h4-5,7,13H,3,12H2,1-2H3,(H,14,15). The van der Waals surface area contributed by atoms with Crippen LogP contribution in [0.25, 0.3) is 0 Å². The van der Waals surface area contributed by atoms with Crippen LogP contribution in [0.1, 0.15) is 5.56 Å². The molecule has 1 aromatic carbocycles. The van der Waals surface area contributed by atoms with Crippen molar-refractivity contribution in [3.63, 3.8) is 0 Å². The minimum absolute atomic E-state index is 0.0154. The van der Waals surface area contributed by atoms with Gasteiger partial charge >= 0.3 is 5.97 Å². The number of rotatable bonds is 5. The van der Waals surface area contributed by atoms with Crippen LogP contribution >= 0.6 is 0 Å². The Bertz CT molecular complexity index is 419. The number of hydrogen-bond acceptors (Lipinski definition) is 5. The number of carboxylic acid groups (broad SMARTS) is 1. The number of aromatic hydroxyl groups is 1. The van der Waals surface area contributed by atoms with E-state index in [0.29, 0.717) is 17.1 Å². The lowest BCUT2D eigenvalue weighted by atomic mass is 10.0. The third-order valence-electron chi connectivity index (χ3n) is 2.34. The van der Waals surface area contributed by atoms with Gasteiger partial charge < -0.3 is 25.4 Å². The van der Waals surface area contributed by atoms with E-state index in [0.717, 1.165) is 0 Å². The minimum Gasteiger partial charge on any atom is -0.508 e. The first-order chi connectivity index (χ1) is 7.99. The van der Waals surface area contributed by atoms with Crippen LogP contribution in [0.3, 0.4) is 0 Å². The Kier molecular flexibility index (Phi) is 4.17. The summed E-state index contributed by atoms with van der Waals surface area (Å²) in [5.41, 5.74) is 5.80. The van der Waals surface area contributed by atoms with Crippen molar-refractivity contribution in [1.29, 1.82) is 0 Å². The average molecular weight is 241 g/mol. The van der Waals surface area contributed by atoms with Crippen molar-refractivity contribution in [2.45, 2.75) is 12.5 Å². The normalized spacial score (nSPS) is 11.9. The summed E-state index contributed by atoms with van der Waals surface area (Å²) in [5, 5.41) is 18.4. The van der Waals surface area contributed by atoms with Crippen LogP contribution < -0.4 is 15.2 Å². The highest BCUT2D eigenvalue weighted by Gasteiger charge is 2.17. The maximum absolute atomic E-state index is 10.6. The Hall–Kier alpha value is -1.95. The highest BCUT2D eigenvalue weighted by molar-refractivity contribution is 5.73. The van der Waals surface area contributed by atoms with Gasteiger partial charge in [0.2, 0.25) is 0 Å². The van der Waals surface area contributed by atoms with Crippen molar-refractivity contribution in [3.05, 3.63) is 17.7 Å². The fourth-order valence-corrected chi connectivity index (χ4v) is 1.40. The highest BCUT2D eigenvalue weighted by atomic mass is 16.5. The molecule has 0 amide bonds. The van der Waals surface area contributed by atoms with E-state index >= 15 is 0 Å². The number of nitrogens with two attached hydrogens (primary N) is 1. The molecule has 0 aromatic heterocycles. The highest BCUT2D eigenvalue weighted by Crippen LogP contribution is 2.34. The summed E-state index contributed by atoms with van der Waals surface area (Å²) in [4.78, 5) is 10.6. The molecule has 1 aromatic rings. The van der Waals surface area contributed by atoms with Gasteiger partial charge in [-0.3, -0.25) is 4.79 Å². The second-order valence-corrected chi connectivity index (χ2v) is 3.48. The van der Waals surface area contributed by atoms with Crippen LogP contribution in [-0.4, -0.2) is 36.4 Å². The number of aliphatic carboxylic acids is 1. The smallest absolute Gasteiger partial charge is 0.320 e. The Morgan fingerprint density at radius 2 is 1.88 bits per heavy atom. The van der Waals surface area contributed by atoms with E-state index in [4.69, 9.17) is 20.3 Å². The Labute approximate surface area is 98.6 Å². The molecule has 0 saturated carbocycles. The van der Waals surface area contributed by atoms with Gasteiger partial charge in [0.05, 0.1) is 14.2 Å². The van der Waals surface area contributed by atoms with E-state index in [-0.39, 0.29) is 12.2 Å². The Morgan fingerprint density at radius 3 is 2.35 bits per heavy atom. The van der Waals surface area contributed by atoms with Gasteiger partial charge in [0.1, 0.15) is 11.8 Å². The van der Waals surface area contributed by atoms with Gasteiger partial charge in [-0.05, 0) is 11.6 Å². The summed E-state index contributed by atoms with van der Waals surface area (Å²) in [5.74, 6) is -0.408. The molecule has 0 aliphatic carbocycles. The lowest BCUT2D eigenvalue weighted by Crippen LogP contribution is -2.32. The summed E-state index contributed by atoms with van der Waals surface area (Å²) >= 11 is 0. The van der Waals surface area contributed by atoms with Crippen molar-refractivity contribution in [3.8, 4) is 17.2 Å². The predicted octanol–water partition coefficient (Wildman–Crippen LogP) is 0.364. The average Bonchev–Trinajstić information content (AvgIpc) is 2.30. The topological polar surface area (TPSA) is 102 Å². The second-order valence-electron chi connectivity index (χ2n) is 3.48. The number of benzene rings is 1. The molecule has 0 saturated heterocycles. The van der Waals surface area contributed by atoms with Crippen LogP contribution in [-0.2, 0) is 11.2 Å². The fourth-order valence-electron chi connectivity index (χ4n) is 1.40. The van der Waals surface area contributed by atoms with Crippen LogP contribution in [0, 0.1) is 0 Å². The molecular weight excluding hydrogens is 226 g/mol. The fraction of sp³-hybridized carbons (Fsp3) is 0.364. The third-order valence-corrected chi connectivity index (χ3v) is 2.34. The van der Waals surface area contributed by atoms with E-state index in [1.54, 1.807) is 0 Å². The largest absolute Gasteiger partial charge is 0.508 e. The molecule has 94 valence electrons. The number of carboxylic acids is 1. The van der Waals surface area contributed by atoms with Gasteiger partial charge in [-0.1, -0.05) is 0 Å². The molecule has 4 N–H and O–H groups in total. The van der Waals surface area contributed by atoms with Gasteiger partial charge in [-0.2, -0.15) is 0 Å². The summed E-state index contributed by atoms with van der Waals surface area (Å²) in [6.45, 7) is 0. The number of phenols is 1. The summed E-state index contributed by atoms with van der Waals surface area (Å²) in [6, 6.07) is 1.80. The molecule has 1 rings (SSSR count). The molecule has 0 aliphatic heterocycles. The number of ether oxygens (including phenoxy) is 2. The van der Waals surface area contributed by atoms with Crippen LogP contribution in [0.4, 0.5) is 0 Å². The lowest BCUT2D eigenvalue weighted by molar-refractivity contribution is -0.138. The first-order valence-electron chi connectivity index (χ1n) is 4.91. The van der Waals surface area contributed by atoms with E-state index < -0.39 is 12.0 Å². The zero-order valence-corrected chi connectivity index (χ0v) is 9.64. The number of carbonyl (C=O) groups is 1. The maximum Gasteiger partial charge on any atom is 0.320 e. The summed E-state index contributed by atoms with van der Waals surface area (Å²) in [7, 11) is 2.90. The van der Waals surface area contributed by atoms with E-state index in [1.165, 1.54) is 26.4 Å². The molecule has 0 heterocycles. The van der Waals surface area contributed by atoms with Crippen LogP contribution in [0.2, 0.25) is 0 Å². The molecule has 0 spiro atoms. The zero-order chi connectivity index (χ0) is 13.0. The molecule has 0 aliphatic rings. The minimum atomic E-state index is -1.13. The van der Waals surface area contributed by atoms with Gasteiger partial charge in [0, 0.05) is 12.5 Å². The van der Waals surface area contributed by atoms with Gasteiger partial charge in [-0.15, -0.1) is 0 Å². The van der Waals surface area contributed by atoms with Gasteiger partial charge in [-0.25, -0.2) is 0 Å². The van der Waals surface area contributed by atoms with Crippen molar-refractivity contribution in [1.82, 2.24) is 0 Å². The molecule has 6 nitrogen and oxygen atoms in total. The first kappa shape index (κ1) is 13.1. The van der Waals surface area contributed by atoms with Crippen molar-refractivity contribution >= 4 is 5.97 Å². The molecule has 0 fully saturated rings. The Morgan fingerprint density at radius 1 is 1.35 bits per heavy atom. The molecule has 17 heavy (non-hydrogen) atoms. The van der Waals surface area contributed by atoms with Gasteiger partial charge in [0.25, 0.3) is 0 Å².